The van der Waals surface area contributed by atoms with Crippen LogP contribution in [0.4, 0.5) is 13.2 Å². The van der Waals surface area contributed by atoms with Gasteiger partial charge in [-0.05, 0) is 28.9 Å². The summed E-state index contributed by atoms with van der Waals surface area (Å²) in [6.07, 6.45) is 0. The van der Waals surface area contributed by atoms with E-state index in [0.717, 1.165) is 6.07 Å². The lowest BCUT2D eigenvalue weighted by Gasteiger charge is -2.09. The molecule has 0 aliphatic rings. The largest absolute Gasteiger partial charge is 0.324 e. The van der Waals surface area contributed by atoms with Gasteiger partial charge in [-0.3, -0.25) is 0 Å². The second kappa shape index (κ2) is 3.67. The molecule has 72 valence electrons. The number of nitrogens with two attached hydrogens (primary N) is 1. The molecule has 0 spiro atoms. The van der Waals surface area contributed by atoms with Crippen LogP contribution in [0.3, 0.4) is 0 Å². The lowest BCUT2D eigenvalue weighted by Crippen LogP contribution is -2.11. The molecule has 0 radical (unpaired) electrons. The molecule has 1 unspecified atom stereocenters. The standard InChI is InChI=1S/C8H7BrF3N/c1-3(13)6-5(10)2-4(9)7(11)8(6)12/h2-3H,13H2,1H3. The van der Waals surface area contributed by atoms with E-state index < -0.39 is 29.1 Å². The van der Waals surface area contributed by atoms with E-state index in [1.54, 1.807) is 0 Å². The van der Waals surface area contributed by atoms with E-state index in [4.69, 9.17) is 5.73 Å². The third-order valence-corrected chi connectivity index (χ3v) is 2.18. The first-order chi connectivity index (χ1) is 5.95. The minimum atomic E-state index is -1.23. The van der Waals surface area contributed by atoms with E-state index in [-0.39, 0.29) is 4.47 Å². The van der Waals surface area contributed by atoms with Gasteiger partial charge in [-0.2, -0.15) is 0 Å². The molecule has 1 atom stereocenters. The smallest absolute Gasteiger partial charge is 0.173 e. The molecule has 0 bridgehead atoms. The second-order valence-corrected chi connectivity index (χ2v) is 3.52. The van der Waals surface area contributed by atoms with Crippen LogP contribution in [-0.4, -0.2) is 0 Å². The highest BCUT2D eigenvalue weighted by Crippen LogP contribution is 2.26. The molecular formula is C8H7BrF3N. The quantitative estimate of drug-likeness (QED) is 0.605. The molecule has 1 nitrogen and oxygen atoms in total. The van der Waals surface area contributed by atoms with Crippen molar-refractivity contribution in [3.63, 3.8) is 0 Å². The van der Waals surface area contributed by atoms with Crippen molar-refractivity contribution < 1.29 is 13.2 Å². The first kappa shape index (κ1) is 10.5. The summed E-state index contributed by atoms with van der Waals surface area (Å²) in [5.41, 5.74) is 4.84. The van der Waals surface area contributed by atoms with Crippen LogP contribution in [0.5, 0.6) is 0 Å². The van der Waals surface area contributed by atoms with Crippen LogP contribution in [0.25, 0.3) is 0 Å². The Kier molecular flexibility index (Phi) is 2.98. The Morgan fingerprint density at radius 2 is 1.85 bits per heavy atom. The number of rotatable bonds is 1. The van der Waals surface area contributed by atoms with E-state index in [1.807, 2.05) is 0 Å². The zero-order valence-electron chi connectivity index (χ0n) is 6.74. The summed E-state index contributed by atoms with van der Waals surface area (Å²) >= 11 is 2.68. The Morgan fingerprint density at radius 1 is 1.31 bits per heavy atom. The molecule has 1 aromatic rings. The zero-order valence-corrected chi connectivity index (χ0v) is 8.33. The molecule has 0 saturated carbocycles. The van der Waals surface area contributed by atoms with Crippen LogP contribution in [0, 0.1) is 17.5 Å². The van der Waals surface area contributed by atoms with E-state index in [0.29, 0.717) is 0 Å². The fourth-order valence-electron chi connectivity index (χ4n) is 0.998. The van der Waals surface area contributed by atoms with Gasteiger partial charge in [0.2, 0.25) is 0 Å². The van der Waals surface area contributed by atoms with Crippen LogP contribution in [0.1, 0.15) is 18.5 Å². The molecule has 2 N–H and O–H groups in total. The summed E-state index contributed by atoms with van der Waals surface area (Å²) in [6, 6.07) is -0.0144. The predicted molar refractivity (Wildman–Crippen MR) is 46.6 cm³/mol. The lowest BCUT2D eigenvalue weighted by molar-refractivity contribution is 0.466. The molecule has 0 aromatic heterocycles. The molecule has 5 heteroatoms. The van der Waals surface area contributed by atoms with Crippen LogP contribution >= 0.6 is 15.9 Å². The van der Waals surface area contributed by atoms with Crippen molar-refractivity contribution in [3.05, 3.63) is 33.6 Å². The minimum absolute atomic E-state index is 0.244. The Morgan fingerprint density at radius 3 is 2.31 bits per heavy atom. The Balaban J connectivity index is 3.44. The van der Waals surface area contributed by atoms with Crippen molar-refractivity contribution in [2.75, 3.05) is 0 Å². The summed E-state index contributed by atoms with van der Waals surface area (Å²) in [7, 11) is 0. The number of benzene rings is 1. The van der Waals surface area contributed by atoms with Gasteiger partial charge in [0, 0.05) is 11.6 Å². The fourth-order valence-corrected chi connectivity index (χ4v) is 1.37. The minimum Gasteiger partial charge on any atom is -0.324 e. The predicted octanol–water partition coefficient (Wildman–Crippen LogP) is 2.89. The van der Waals surface area contributed by atoms with Gasteiger partial charge < -0.3 is 5.73 Å². The lowest BCUT2D eigenvalue weighted by atomic mass is 10.1. The van der Waals surface area contributed by atoms with E-state index in [2.05, 4.69) is 15.9 Å². The maximum atomic E-state index is 13.0. The molecule has 0 saturated heterocycles. The van der Waals surface area contributed by atoms with Gasteiger partial charge in [-0.1, -0.05) is 0 Å². The van der Waals surface area contributed by atoms with Crippen molar-refractivity contribution in [3.8, 4) is 0 Å². The molecule has 0 fully saturated rings. The summed E-state index contributed by atoms with van der Waals surface area (Å²) in [5.74, 6) is -3.20. The SMILES string of the molecule is CC(N)c1c(F)cc(Br)c(F)c1F. The zero-order chi connectivity index (χ0) is 10.2. The van der Waals surface area contributed by atoms with Gasteiger partial charge in [-0.25, -0.2) is 13.2 Å². The molecule has 0 aliphatic heterocycles. The summed E-state index contributed by atoms with van der Waals surface area (Å²) in [5, 5.41) is 0. The molecule has 0 aliphatic carbocycles. The van der Waals surface area contributed by atoms with Crippen molar-refractivity contribution in [2.24, 2.45) is 5.73 Å². The highest BCUT2D eigenvalue weighted by Gasteiger charge is 2.19. The number of halogens is 4. The average molecular weight is 254 g/mol. The van der Waals surface area contributed by atoms with Crippen molar-refractivity contribution in [1.29, 1.82) is 0 Å². The first-order valence-electron chi connectivity index (χ1n) is 3.53. The van der Waals surface area contributed by atoms with Gasteiger partial charge in [-0.15, -0.1) is 0 Å². The van der Waals surface area contributed by atoms with E-state index in [9.17, 15) is 13.2 Å². The molecule has 13 heavy (non-hydrogen) atoms. The average Bonchev–Trinajstić information content (AvgIpc) is 1.99. The Labute approximate surface area is 81.9 Å². The second-order valence-electron chi connectivity index (χ2n) is 2.67. The van der Waals surface area contributed by atoms with E-state index >= 15 is 0 Å². The number of hydrogen-bond donors (Lipinski definition) is 1. The summed E-state index contributed by atoms with van der Waals surface area (Å²) < 4.78 is 38.7. The third kappa shape index (κ3) is 1.86. The van der Waals surface area contributed by atoms with Crippen molar-refractivity contribution in [1.82, 2.24) is 0 Å². The molecular weight excluding hydrogens is 247 g/mol. The van der Waals surface area contributed by atoms with Crippen LogP contribution < -0.4 is 5.73 Å². The normalized spacial score (nSPS) is 13.1. The maximum Gasteiger partial charge on any atom is 0.173 e. The van der Waals surface area contributed by atoms with Crippen molar-refractivity contribution >= 4 is 15.9 Å². The van der Waals surface area contributed by atoms with Gasteiger partial charge in [0.15, 0.2) is 11.6 Å². The molecule has 0 amide bonds. The number of hydrogen-bond acceptors (Lipinski definition) is 1. The topological polar surface area (TPSA) is 26.0 Å². The molecule has 1 aromatic carbocycles. The van der Waals surface area contributed by atoms with Gasteiger partial charge in [0.05, 0.1) is 4.47 Å². The van der Waals surface area contributed by atoms with Crippen LogP contribution in [0.15, 0.2) is 10.5 Å². The molecule has 1 rings (SSSR count). The summed E-state index contributed by atoms with van der Waals surface area (Å²) in [6.45, 7) is 1.38. The van der Waals surface area contributed by atoms with Crippen LogP contribution in [0.2, 0.25) is 0 Å². The Bertz CT molecular complexity index is 339. The van der Waals surface area contributed by atoms with Gasteiger partial charge in [0.25, 0.3) is 0 Å². The first-order valence-corrected chi connectivity index (χ1v) is 4.33. The fraction of sp³-hybridized carbons (Fsp3) is 0.250. The monoisotopic (exact) mass is 253 g/mol. The van der Waals surface area contributed by atoms with Crippen molar-refractivity contribution in [2.45, 2.75) is 13.0 Å². The van der Waals surface area contributed by atoms with Crippen LogP contribution in [-0.2, 0) is 0 Å². The summed E-state index contributed by atoms with van der Waals surface area (Å²) in [4.78, 5) is 0. The Hall–Kier alpha value is -0.550. The molecule has 0 heterocycles. The van der Waals surface area contributed by atoms with Gasteiger partial charge in [0.1, 0.15) is 5.82 Å². The van der Waals surface area contributed by atoms with Gasteiger partial charge >= 0.3 is 0 Å². The third-order valence-electron chi connectivity index (χ3n) is 1.60. The maximum absolute atomic E-state index is 13.0. The highest BCUT2D eigenvalue weighted by atomic mass is 79.9. The highest BCUT2D eigenvalue weighted by molar-refractivity contribution is 9.10. The van der Waals surface area contributed by atoms with E-state index in [1.165, 1.54) is 6.92 Å².